The molecule has 0 atom stereocenters. The molecule has 7 heteroatoms. The van der Waals surface area contributed by atoms with Crippen molar-refractivity contribution >= 4 is 23.2 Å². The van der Waals surface area contributed by atoms with Crippen molar-refractivity contribution in [2.75, 3.05) is 0 Å². The molecule has 0 saturated carbocycles. The molecule has 1 aromatic heterocycles. The smallest absolute Gasteiger partial charge is 0.335 e. The Balaban J connectivity index is 1.97. The molecule has 1 heterocycles. The molecule has 0 bridgehead atoms. The lowest BCUT2D eigenvalue weighted by atomic mass is 10.1. The number of hydrogen-bond donors (Lipinski definition) is 1. The van der Waals surface area contributed by atoms with Gasteiger partial charge in [-0.3, -0.25) is 4.79 Å². The van der Waals surface area contributed by atoms with E-state index in [4.69, 9.17) is 5.11 Å². The van der Waals surface area contributed by atoms with Gasteiger partial charge in [0, 0.05) is 11.1 Å². The zero-order chi connectivity index (χ0) is 18.7. The predicted octanol–water partition coefficient (Wildman–Crippen LogP) is 3.48. The number of amides is 1. The van der Waals surface area contributed by atoms with Gasteiger partial charge in [0.2, 0.25) is 0 Å². The van der Waals surface area contributed by atoms with Crippen LogP contribution in [-0.4, -0.2) is 21.6 Å². The summed E-state index contributed by atoms with van der Waals surface area (Å²) in [6.07, 6.45) is 0. The fourth-order valence-electron chi connectivity index (χ4n) is 2.46. The van der Waals surface area contributed by atoms with Gasteiger partial charge in [-0.05, 0) is 36.8 Å². The second kappa shape index (κ2) is 7.45. The molecule has 26 heavy (non-hydrogen) atoms. The van der Waals surface area contributed by atoms with Gasteiger partial charge in [0.25, 0.3) is 5.91 Å². The Morgan fingerprint density at radius 1 is 1.19 bits per heavy atom. The van der Waals surface area contributed by atoms with E-state index in [1.165, 1.54) is 35.6 Å². The largest absolute Gasteiger partial charge is 0.478 e. The van der Waals surface area contributed by atoms with Crippen LogP contribution in [0, 0.1) is 12.7 Å². The van der Waals surface area contributed by atoms with E-state index in [2.05, 4.69) is 4.99 Å². The summed E-state index contributed by atoms with van der Waals surface area (Å²) in [6, 6.07) is 12.3. The third-order valence-electron chi connectivity index (χ3n) is 3.81. The molecule has 132 valence electrons. The third-order valence-corrected chi connectivity index (χ3v) is 4.79. The van der Waals surface area contributed by atoms with Crippen molar-refractivity contribution < 1.29 is 19.1 Å². The minimum absolute atomic E-state index is 0.0852. The van der Waals surface area contributed by atoms with Gasteiger partial charge in [-0.25, -0.2) is 9.18 Å². The van der Waals surface area contributed by atoms with E-state index in [9.17, 15) is 14.0 Å². The maximum Gasteiger partial charge on any atom is 0.335 e. The number of carboxylic acid groups (broad SMARTS) is 1. The van der Waals surface area contributed by atoms with Crippen molar-refractivity contribution in [1.29, 1.82) is 0 Å². The molecule has 5 nitrogen and oxygen atoms in total. The SMILES string of the molecule is Cc1csc(=NC(=O)c2ccccc2F)n1Cc1cccc(C(=O)O)c1. The number of carboxylic acids is 1. The van der Waals surface area contributed by atoms with Gasteiger partial charge in [0.15, 0.2) is 4.80 Å². The Kier molecular flexibility index (Phi) is 5.09. The van der Waals surface area contributed by atoms with Crippen LogP contribution in [-0.2, 0) is 6.54 Å². The quantitative estimate of drug-likeness (QED) is 0.764. The van der Waals surface area contributed by atoms with Gasteiger partial charge < -0.3 is 9.67 Å². The van der Waals surface area contributed by atoms with Crippen LogP contribution in [0.25, 0.3) is 0 Å². The Morgan fingerprint density at radius 3 is 2.69 bits per heavy atom. The summed E-state index contributed by atoms with van der Waals surface area (Å²) in [5.74, 6) is -2.27. The molecule has 0 aliphatic heterocycles. The van der Waals surface area contributed by atoms with Crippen molar-refractivity contribution in [3.63, 3.8) is 0 Å². The zero-order valence-electron chi connectivity index (χ0n) is 13.8. The van der Waals surface area contributed by atoms with Crippen LogP contribution < -0.4 is 4.80 Å². The number of hydrogen-bond acceptors (Lipinski definition) is 3. The number of aromatic carboxylic acids is 1. The van der Waals surface area contributed by atoms with Crippen molar-refractivity contribution in [1.82, 2.24) is 4.57 Å². The Bertz CT molecular complexity index is 1050. The summed E-state index contributed by atoms with van der Waals surface area (Å²) in [5.41, 5.74) is 1.75. The maximum absolute atomic E-state index is 13.8. The highest BCUT2D eigenvalue weighted by atomic mass is 32.1. The molecule has 1 amide bonds. The van der Waals surface area contributed by atoms with Crippen molar-refractivity contribution in [2.45, 2.75) is 13.5 Å². The average Bonchev–Trinajstić information content (AvgIpc) is 2.95. The summed E-state index contributed by atoms with van der Waals surface area (Å²) in [7, 11) is 0. The topological polar surface area (TPSA) is 71.7 Å². The minimum atomic E-state index is -1.00. The van der Waals surface area contributed by atoms with Gasteiger partial charge in [0.1, 0.15) is 5.82 Å². The number of benzene rings is 2. The number of carbonyl (C=O) groups is 2. The van der Waals surface area contributed by atoms with E-state index >= 15 is 0 Å². The molecule has 1 N–H and O–H groups in total. The number of thiazole rings is 1. The van der Waals surface area contributed by atoms with E-state index < -0.39 is 17.7 Å². The first kappa shape index (κ1) is 17.8. The van der Waals surface area contributed by atoms with Crippen LogP contribution >= 0.6 is 11.3 Å². The second-order valence-corrected chi connectivity index (χ2v) is 6.48. The van der Waals surface area contributed by atoms with E-state index in [0.29, 0.717) is 11.3 Å². The highest BCUT2D eigenvalue weighted by Gasteiger charge is 2.11. The van der Waals surface area contributed by atoms with Crippen molar-refractivity contribution in [3.05, 3.63) is 86.9 Å². The highest BCUT2D eigenvalue weighted by molar-refractivity contribution is 7.07. The lowest BCUT2D eigenvalue weighted by Crippen LogP contribution is -2.19. The maximum atomic E-state index is 13.8. The highest BCUT2D eigenvalue weighted by Crippen LogP contribution is 2.11. The third kappa shape index (κ3) is 3.78. The molecule has 0 aliphatic carbocycles. The summed E-state index contributed by atoms with van der Waals surface area (Å²) in [6.45, 7) is 2.23. The van der Waals surface area contributed by atoms with Crippen LogP contribution in [0.15, 0.2) is 58.9 Å². The van der Waals surface area contributed by atoms with Crippen LogP contribution in [0.1, 0.15) is 32.0 Å². The molecule has 0 radical (unpaired) electrons. The van der Waals surface area contributed by atoms with E-state index in [-0.39, 0.29) is 11.1 Å². The van der Waals surface area contributed by atoms with Crippen LogP contribution in [0.3, 0.4) is 0 Å². The van der Waals surface area contributed by atoms with Crippen molar-refractivity contribution in [3.8, 4) is 0 Å². The molecular weight excluding hydrogens is 355 g/mol. The number of rotatable bonds is 4. The Morgan fingerprint density at radius 2 is 1.96 bits per heavy atom. The fraction of sp³-hybridized carbons (Fsp3) is 0.105. The van der Waals surface area contributed by atoms with E-state index in [1.54, 1.807) is 28.8 Å². The molecule has 0 saturated heterocycles. The Hall–Kier alpha value is -3.06. The van der Waals surface area contributed by atoms with Gasteiger partial charge >= 0.3 is 5.97 Å². The lowest BCUT2D eigenvalue weighted by Gasteiger charge is -2.07. The first-order valence-corrected chi connectivity index (χ1v) is 8.64. The normalized spacial score (nSPS) is 11.5. The predicted molar refractivity (Wildman–Crippen MR) is 95.8 cm³/mol. The molecule has 2 aromatic carbocycles. The fourth-order valence-corrected chi connectivity index (χ4v) is 3.34. The minimum Gasteiger partial charge on any atom is -0.478 e. The number of nitrogens with zero attached hydrogens (tertiary/aromatic N) is 2. The molecule has 0 aliphatic rings. The molecular formula is C19H15FN2O3S. The molecule has 3 aromatic rings. The van der Waals surface area contributed by atoms with Crippen LogP contribution in [0.4, 0.5) is 4.39 Å². The summed E-state index contributed by atoms with van der Waals surface area (Å²) >= 11 is 1.27. The number of carbonyl (C=O) groups excluding carboxylic acids is 1. The number of halogens is 1. The molecule has 3 rings (SSSR count). The number of aromatic nitrogens is 1. The van der Waals surface area contributed by atoms with Crippen molar-refractivity contribution in [2.24, 2.45) is 4.99 Å². The molecule has 0 spiro atoms. The summed E-state index contributed by atoms with van der Waals surface area (Å²) in [5, 5.41) is 11.0. The molecule has 0 unspecified atom stereocenters. The van der Waals surface area contributed by atoms with Gasteiger partial charge in [0.05, 0.1) is 17.7 Å². The van der Waals surface area contributed by atoms with Crippen LogP contribution in [0.5, 0.6) is 0 Å². The standard InChI is InChI=1S/C19H15FN2O3S/c1-12-11-26-19(21-17(23)15-7-2-3-8-16(15)20)22(12)10-13-5-4-6-14(9-13)18(24)25/h2-9,11H,10H2,1H3,(H,24,25). The average molecular weight is 370 g/mol. The first-order valence-electron chi connectivity index (χ1n) is 7.76. The summed E-state index contributed by atoms with van der Waals surface area (Å²) in [4.78, 5) is 27.9. The monoisotopic (exact) mass is 370 g/mol. The second-order valence-electron chi connectivity index (χ2n) is 5.65. The number of aryl methyl sites for hydroxylation is 1. The van der Waals surface area contributed by atoms with E-state index in [1.807, 2.05) is 12.3 Å². The van der Waals surface area contributed by atoms with E-state index in [0.717, 1.165) is 11.3 Å². The molecule has 0 fully saturated rings. The van der Waals surface area contributed by atoms with Gasteiger partial charge in [-0.15, -0.1) is 11.3 Å². The lowest BCUT2D eigenvalue weighted by molar-refractivity contribution is 0.0696. The van der Waals surface area contributed by atoms with Gasteiger partial charge in [-0.1, -0.05) is 24.3 Å². The van der Waals surface area contributed by atoms with Gasteiger partial charge in [-0.2, -0.15) is 4.99 Å². The Labute approximate surface area is 152 Å². The summed E-state index contributed by atoms with van der Waals surface area (Å²) < 4.78 is 15.6. The first-order chi connectivity index (χ1) is 12.5. The zero-order valence-corrected chi connectivity index (χ0v) is 14.7. The van der Waals surface area contributed by atoms with Crippen LogP contribution in [0.2, 0.25) is 0 Å².